The largest absolute Gasteiger partial charge is 0.478 e. The number of aromatic carboxylic acids is 1. The number of carboxylic acid groups (broad SMARTS) is 1. The van der Waals surface area contributed by atoms with Crippen LogP contribution in [-0.2, 0) is 6.42 Å². The molecule has 0 saturated carbocycles. The number of hydrogen-bond acceptors (Lipinski definition) is 3. The molecule has 0 aliphatic rings. The Balaban J connectivity index is 2.39. The highest BCUT2D eigenvalue weighted by atomic mass is 16.4. The topological polar surface area (TPSA) is 75.3 Å². The maximum absolute atomic E-state index is 11.3. The minimum Gasteiger partial charge on any atom is -0.478 e. The van der Waals surface area contributed by atoms with Gasteiger partial charge in [0, 0.05) is 11.4 Å². The highest BCUT2D eigenvalue weighted by molar-refractivity contribution is 5.96. The summed E-state index contributed by atoms with van der Waals surface area (Å²) in [6, 6.07) is 12.6. The van der Waals surface area contributed by atoms with Gasteiger partial charge in [0.2, 0.25) is 0 Å². The summed E-state index contributed by atoms with van der Waals surface area (Å²) in [6.45, 7) is 2.11. The number of rotatable bonds is 5. The van der Waals surface area contributed by atoms with Gasteiger partial charge in [-0.1, -0.05) is 31.5 Å². The molecule has 0 spiro atoms. The Bertz CT molecular complexity index is 624. The van der Waals surface area contributed by atoms with Crippen LogP contribution in [0.5, 0.6) is 0 Å². The van der Waals surface area contributed by atoms with Crippen LogP contribution in [0.15, 0.2) is 42.5 Å². The molecule has 2 aromatic rings. The highest BCUT2D eigenvalue weighted by Crippen LogP contribution is 2.26. The fourth-order valence-electron chi connectivity index (χ4n) is 2.13. The first kappa shape index (κ1) is 13.9. The van der Waals surface area contributed by atoms with Crippen molar-refractivity contribution in [2.75, 3.05) is 11.1 Å². The Hall–Kier alpha value is -2.49. The molecule has 4 heteroatoms. The second-order valence-corrected chi connectivity index (χ2v) is 4.64. The molecule has 0 saturated heterocycles. The Morgan fingerprint density at radius 3 is 2.65 bits per heavy atom. The van der Waals surface area contributed by atoms with Crippen LogP contribution in [-0.4, -0.2) is 11.1 Å². The van der Waals surface area contributed by atoms with E-state index in [9.17, 15) is 9.90 Å². The number of carbonyl (C=O) groups is 1. The third kappa shape index (κ3) is 3.09. The van der Waals surface area contributed by atoms with Gasteiger partial charge < -0.3 is 16.2 Å². The lowest BCUT2D eigenvalue weighted by atomic mass is 10.1. The molecule has 4 nitrogen and oxygen atoms in total. The number of hydrogen-bond donors (Lipinski definition) is 3. The van der Waals surface area contributed by atoms with Gasteiger partial charge in [-0.25, -0.2) is 4.79 Å². The lowest BCUT2D eigenvalue weighted by Crippen LogP contribution is -2.05. The van der Waals surface area contributed by atoms with Crippen LogP contribution in [0.2, 0.25) is 0 Å². The van der Waals surface area contributed by atoms with Gasteiger partial charge in [-0.2, -0.15) is 0 Å². The number of aryl methyl sites for hydroxylation is 1. The van der Waals surface area contributed by atoms with Crippen molar-refractivity contribution in [1.82, 2.24) is 0 Å². The predicted octanol–water partition coefficient (Wildman–Crippen LogP) is 3.66. The lowest BCUT2D eigenvalue weighted by Gasteiger charge is -2.14. The first-order chi connectivity index (χ1) is 9.61. The molecule has 0 unspecified atom stereocenters. The Labute approximate surface area is 118 Å². The number of nitrogen functional groups attached to an aromatic ring is 1. The standard InChI is InChI=1S/C16H18N2O2/c1-2-5-11-6-3-4-7-14(11)18-15-10-12(17)8-9-13(15)16(19)20/h3-4,6-10,18H,2,5,17H2,1H3,(H,19,20). The summed E-state index contributed by atoms with van der Waals surface area (Å²) in [5.41, 5.74) is 9.09. The number of carboxylic acids is 1. The van der Waals surface area contributed by atoms with Crippen LogP contribution in [0.1, 0.15) is 29.3 Å². The Morgan fingerprint density at radius 2 is 1.95 bits per heavy atom. The maximum atomic E-state index is 11.3. The number of benzene rings is 2. The summed E-state index contributed by atoms with van der Waals surface area (Å²) in [7, 11) is 0. The molecular formula is C16H18N2O2. The third-order valence-corrected chi connectivity index (χ3v) is 3.08. The number of nitrogens with two attached hydrogens (primary N) is 1. The molecule has 0 fully saturated rings. The molecule has 0 amide bonds. The van der Waals surface area contributed by atoms with E-state index in [1.54, 1.807) is 12.1 Å². The zero-order valence-electron chi connectivity index (χ0n) is 11.4. The fraction of sp³-hybridized carbons (Fsp3) is 0.188. The van der Waals surface area contributed by atoms with Crippen LogP contribution in [0.3, 0.4) is 0 Å². The summed E-state index contributed by atoms with van der Waals surface area (Å²) < 4.78 is 0. The van der Waals surface area contributed by atoms with Gasteiger partial charge in [-0.15, -0.1) is 0 Å². The Morgan fingerprint density at radius 1 is 1.20 bits per heavy atom. The second kappa shape index (κ2) is 6.10. The quantitative estimate of drug-likeness (QED) is 0.725. The van der Waals surface area contributed by atoms with Crippen molar-refractivity contribution in [3.8, 4) is 0 Å². The molecule has 0 atom stereocenters. The molecule has 0 aromatic heterocycles. The lowest BCUT2D eigenvalue weighted by molar-refractivity contribution is 0.0698. The van der Waals surface area contributed by atoms with E-state index in [2.05, 4.69) is 12.2 Å². The minimum atomic E-state index is -0.972. The van der Waals surface area contributed by atoms with E-state index in [1.807, 2.05) is 24.3 Å². The van der Waals surface area contributed by atoms with E-state index in [0.717, 1.165) is 24.1 Å². The highest BCUT2D eigenvalue weighted by Gasteiger charge is 2.11. The molecule has 0 bridgehead atoms. The van der Waals surface area contributed by atoms with Crippen LogP contribution in [0, 0.1) is 0 Å². The van der Waals surface area contributed by atoms with Gasteiger partial charge in [0.05, 0.1) is 11.3 Å². The van der Waals surface area contributed by atoms with Crippen molar-refractivity contribution in [3.63, 3.8) is 0 Å². The summed E-state index contributed by atoms with van der Waals surface area (Å²) in [6.07, 6.45) is 1.97. The summed E-state index contributed by atoms with van der Waals surface area (Å²) in [5, 5.41) is 12.4. The molecule has 0 heterocycles. The zero-order chi connectivity index (χ0) is 14.5. The van der Waals surface area contributed by atoms with E-state index in [-0.39, 0.29) is 5.56 Å². The van der Waals surface area contributed by atoms with Crippen molar-refractivity contribution in [2.45, 2.75) is 19.8 Å². The monoisotopic (exact) mass is 270 g/mol. The molecule has 2 aromatic carbocycles. The molecule has 0 radical (unpaired) electrons. The molecule has 0 aliphatic heterocycles. The van der Waals surface area contributed by atoms with E-state index in [0.29, 0.717) is 11.4 Å². The van der Waals surface area contributed by atoms with E-state index < -0.39 is 5.97 Å². The molecule has 104 valence electrons. The van der Waals surface area contributed by atoms with Crippen molar-refractivity contribution in [1.29, 1.82) is 0 Å². The van der Waals surface area contributed by atoms with Gasteiger partial charge in [-0.3, -0.25) is 0 Å². The Kier molecular flexibility index (Phi) is 4.25. The number of anilines is 3. The van der Waals surface area contributed by atoms with Crippen LogP contribution in [0.4, 0.5) is 17.1 Å². The average molecular weight is 270 g/mol. The maximum Gasteiger partial charge on any atom is 0.337 e. The van der Waals surface area contributed by atoms with Crippen molar-refractivity contribution >= 4 is 23.0 Å². The van der Waals surface area contributed by atoms with Crippen molar-refractivity contribution in [2.24, 2.45) is 0 Å². The van der Waals surface area contributed by atoms with Gasteiger partial charge in [0.1, 0.15) is 0 Å². The molecule has 0 aliphatic carbocycles. The van der Waals surface area contributed by atoms with Gasteiger partial charge in [0.25, 0.3) is 0 Å². The zero-order valence-corrected chi connectivity index (χ0v) is 11.4. The first-order valence-electron chi connectivity index (χ1n) is 6.59. The molecule has 4 N–H and O–H groups in total. The fourth-order valence-corrected chi connectivity index (χ4v) is 2.13. The summed E-state index contributed by atoms with van der Waals surface area (Å²) in [5.74, 6) is -0.972. The van der Waals surface area contributed by atoms with Crippen molar-refractivity contribution < 1.29 is 9.90 Å². The average Bonchev–Trinajstić information content (AvgIpc) is 2.41. The SMILES string of the molecule is CCCc1ccccc1Nc1cc(N)ccc1C(=O)O. The second-order valence-electron chi connectivity index (χ2n) is 4.64. The summed E-state index contributed by atoms with van der Waals surface area (Å²) in [4.78, 5) is 11.3. The van der Waals surface area contributed by atoms with E-state index in [4.69, 9.17) is 5.73 Å². The van der Waals surface area contributed by atoms with Crippen LogP contribution in [0.25, 0.3) is 0 Å². The summed E-state index contributed by atoms with van der Waals surface area (Å²) >= 11 is 0. The normalized spacial score (nSPS) is 10.2. The van der Waals surface area contributed by atoms with Gasteiger partial charge >= 0.3 is 5.97 Å². The number of para-hydroxylation sites is 1. The third-order valence-electron chi connectivity index (χ3n) is 3.08. The van der Waals surface area contributed by atoms with Crippen molar-refractivity contribution in [3.05, 3.63) is 53.6 Å². The minimum absolute atomic E-state index is 0.213. The smallest absolute Gasteiger partial charge is 0.337 e. The number of nitrogens with one attached hydrogen (secondary N) is 1. The van der Waals surface area contributed by atoms with Gasteiger partial charge in [0.15, 0.2) is 0 Å². The van der Waals surface area contributed by atoms with Crippen LogP contribution < -0.4 is 11.1 Å². The molecule has 20 heavy (non-hydrogen) atoms. The van der Waals surface area contributed by atoms with Gasteiger partial charge in [-0.05, 0) is 36.2 Å². The first-order valence-corrected chi connectivity index (χ1v) is 6.59. The molecule has 2 rings (SSSR count). The van der Waals surface area contributed by atoms with Crippen LogP contribution >= 0.6 is 0 Å². The van der Waals surface area contributed by atoms with E-state index in [1.165, 1.54) is 6.07 Å². The molecular weight excluding hydrogens is 252 g/mol. The van der Waals surface area contributed by atoms with E-state index >= 15 is 0 Å². The predicted molar refractivity (Wildman–Crippen MR) is 81.5 cm³/mol.